The minimum Gasteiger partial charge on any atom is -0.467 e. The maximum atomic E-state index is 12.3. The van der Waals surface area contributed by atoms with Gasteiger partial charge in [-0.2, -0.15) is 0 Å². The van der Waals surface area contributed by atoms with Gasteiger partial charge in [-0.3, -0.25) is 4.90 Å². The summed E-state index contributed by atoms with van der Waals surface area (Å²) in [6.07, 6.45) is 1.92. The molecule has 1 aromatic carbocycles. The second kappa shape index (κ2) is 5.61. The molecule has 2 aliphatic heterocycles. The zero-order valence-corrected chi connectivity index (χ0v) is 15.7. The van der Waals surface area contributed by atoms with Gasteiger partial charge in [0, 0.05) is 24.7 Å². The number of nitrogens with one attached hydrogen (secondary N) is 1. The van der Waals surface area contributed by atoms with Crippen molar-refractivity contribution >= 4 is 17.7 Å². The number of hydrogen-bond acceptors (Lipinski definition) is 6. The Morgan fingerprint density at radius 3 is 2.62 bits per heavy atom. The van der Waals surface area contributed by atoms with Gasteiger partial charge in [-0.1, -0.05) is 6.92 Å². The maximum Gasteiger partial charge on any atom is 0.413 e. The van der Waals surface area contributed by atoms with Gasteiger partial charge < -0.3 is 19.7 Å². The molecule has 3 aliphatic rings. The van der Waals surface area contributed by atoms with Gasteiger partial charge in [-0.25, -0.2) is 9.59 Å². The molecule has 0 unspecified atom stereocenters. The van der Waals surface area contributed by atoms with E-state index in [1.807, 2.05) is 12.1 Å². The van der Waals surface area contributed by atoms with Crippen LogP contribution in [0.4, 0.5) is 10.5 Å². The number of benzene rings is 1. The molecule has 0 radical (unpaired) electrons. The third-order valence-corrected chi connectivity index (χ3v) is 6.18. The van der Waals surface area contributed by atoms with Gasteiger partial charge in [-0.05, 0) is 50.1 Å². The Hall–Kier alpha value is -2.28. The SMILES string of the molecule is COC(=O)C1(NC(=O)Oc2ccc3c(c2)[C@]2(C)CCN(C)[C@@H]2N3C)CC1. The number of anilines is 1. The number of fused-ring (bicyclic) bond motifs is 3. The molecule has 7 heteroatoms. The summed E-state index contributed by atoms with van der Waals surface area (Å²) in [5, 5.41) is 2.65. The molecular weight excluding hydrogens is 334 g/mol. The molecular formula is C19H25N3O4. The molecule has 7 nitrogen and oxygen atoms in total. The number of methoxy groups -OCH3 is 1. The second-order valence-electron chi connectivity index (χ2n) is 7.90. The number of likely N-dealkylation sites (N-methyl/N-ethyl adjacent to an activating group) is 2. The van der Waals surface area contributed by atoms with Crippen LogP contribution in [-0.4, -0.2) is 56.4 Å². The molecule has 2 fully saturated rings. The van der Waals surface area contributed by atoms with Crippen molar-refractivity contribution in [2.45, 2.75) is 43.3 Å². The Balaban J connectivity index is 1.53. The molecule has 1 N–H and O–H groups in total. The molecule has 1 aliphatic carbocycles. The van der Waals surface area contributed by atoms with Crippen molar-refractivity contribution in [1.29, 1.82) is 0 Å². The lowest BCUT2D eigenvalue weighted by molar-refractivity contribution is -0.144. The van der Waals surface area contributed by atoms with E-state index >= 15 is 0 Å². The molecule has 1 saturated carbocycles. The standard InChI is InChI=1S/C19H25N3O4/c1-18-9-10-21(2)15(18)22(3)14-6-5-12(11-13(14)18)26-17(24)20-19(7-8-19)16(23)25-4/h5-6,11,15H,7-10H2,1-4H3,(H,20,24)/t15-,18+/m1/s1. The number of hydrogen-bond donors (Lipinski definition) is 1. The molecule has 0 spiro atoms. The maximum absolute atomic E-state index is 12.3. The number of carbonyl (C=O) groups is 2. The van der Waals surface area contributed by atoms with E-state index in [1.165, 1.54) is 18.4 Å². The quantitative estimate of drug-likeness (QED) is 0.831. The number of carbonyl (C=O) groups excluding carboxylic acids is 2. The first-order valence-electron chi connectivity index (χ1n) is 8.97. The van der Waals surface area contributed by atoms with Gasteiger partial charge >= 0.3 is 12.1 Å². The van der Waals surface area contributed by atoms with E-state index in [4.69, 9.17) is 9.47 Å². The van der Waals surface area contributed by atoms with Crippen molar-refractivity contribution in [2.75, 3.05) is 32.6 Å². The summed E-state index contributed by atoms with van der Waals surface area (Å²) >= 11 is 0. The van der Waals surface area contributed by atoms with E-state index in [1.54, 1.807) is 6.07 Å². The van der Waals surface area contributed by atoms with Crippen molar-refractivity contribution < 1.29 is 19.1 Å². The highest BCUT2D eigenvalue weighted by molar-refractivity contribution is 5.89. The van der Waals surface area contributed by atoms with Crippen LogP contribution in [-0.2, 0) is 14.9 Å². The van der Waals surface area contributed by atoms with Crippen molar-refractivity contribution in [3.63, 3.8) is 0 Å². The third kappa shape index (κ3) is 2.37. The van der Waals surface area contributed by atoms with Gasteiger partial charge in [-0.15, -0.1) is 0 Å². The van der Waals surface area contributed by atoms with Crippen LogP contribution in [0, 0.1) is 0 Å². The van der Waals surface area contributed by atoms with Crippen LogP contribution in [0.1, 0.15) is 31.7 Å². The Morgan fingerprint density at radius 2 is 1.96 bits per heavy atom. The van der Waals surface area contributed by atoms with Crippen molar-refractivity contribution in [3.8, 4) is 5.75 Å². The number of likely N-dealkylation sites (tertiary alicyclic amines) is 1. The fourth-order valence-corrected chi connectivity index (χ4v) is 4.65. The Morgan fingerprint density at radius 1 is 1.23 bits per heavy atom. The smallest absolute Gasteiger partial charge is 0.413 e. The van der Waals surface area contributed by atoms with Gasteiger partial charge in [0.05, 0.1) is 13.3 Å². The normalized spacial score (nSPS) is 28.3. The highest BCUT2D eigenvalue weighted by Crippen LogP contribution is 2.51. The number of amides is 1. The minimum absolute atomic E-state index is 0.0123. The second-order valence-corrected chi connectivity index (χ2v) is 7.90. The highest BCUT2D eigenvalue weighted by Gasteiger charge is 2.54. The first-order chi connectivity index (χ1) is 12.3. The van der Waals surface area contributed by atoms with Crippen LogP contribution < -0.4 is 15.0 Å². The zero-order valence-electron chi connectivity index (χ0n) is 15.7. The molecule has 0 aromatic heterocycles. The highest BCUT2D eigenvalue weighted by atomic mass is 16.6. The van der Waals surface area contributed by atoms with Gasteiger partial charge in [0.1, 0.15) is 11.3 Å². The molecule has 1 aromatic rings. The molecule has 140 valence electrons. The Bertz CT molecular complexity index is 776. The van der Waals surface area contributed by atoms with E-state index in [0.717, 1.165) is 13.0 Å². The van der Waals surface area contributed by atoms with E-state index in [9.17, 15) is 9.59 Å². The summed E-state index contributed by atoms with van der Waals surface area (Å²) in [6, 6.07) is 5.77. The average molecular weight is 359 g/mol. The summed E-state index contributed by atoms with van der Waals surface area (Å²) in [6.45, 7) is 3.31. The van der Waals surface area contributed by atoms with Gasteiger partial charge in [0.2, 0.25) is 0 Å². The summed E-state index contributed by atoms with van der Waals surface area (Å²) in [5.74, 6) is 0.0705. The summed E-state index contributed by atoms with van der Waals surface area (Å²) in [5.41, 5.74) is 1.48. The summed E-state index contributed by atoms with van der Waals surface area (Å²) < 4.78 is 10.2. The zero-order chi connectivity index (χ0) is 18.7. The predicted molar refractivity (Wildman–Crippen MR) is 96.4 cm³/mol. The third-order valence-electron chi connectivity index (χ3n) is 6.18. The predicted octanol–water partition coefficient (Wildman–Crippen LogP) is 1.85. The largest absolute Gasteiger partial charge is 0.467 e. The van der Waals surface area contributed by atoms with Crippen molar-refractivity contribution in [3.05, 3.63) is 23.8 Å². The van der Waals surface area contributed by atoms with Crippen LogP contribution in [0.3, 0.4) is 0 Å². The molecule has 4 rings (SSSR count). The monoisotopic (exact) mass is 359 g/mol. The minimum atomic E-state index is -0.909. The summed E-state index contributed by atoms with van der Waals surface area (Å²) in [4.78, 5) is 28.7. The van der Waals surface area contributed by atoms with Gasteiger partial charge in [0.25, 0.3) is 0 Å². The lowest BCUT2D eigenvalue weighted by Gasteiger charge is -2.32. The average Bonchev–Trinajstić information content (AvgIpc) is 3.27. The molecule has 1 amide bonds. The Labute approximate surface area is 153 Å². The first kappa shape index (κ1) is 17.1. The fraction of sp³-hybridized carbons (Fsp3) is 0.579. The van der Waals surface area contributed by atoms with Gasteiger partial charge in [0.15, 0.2) is 0 Å². The van der Waals surface area contributed by atoms with E-state index in [0.29, 0.717) is 24.8 Å². The molecule has 2 atom stereocenters. The van der Waals surface area contributed by atoms with Crippen LogP contribution in [0.25, 0.3) is 0 Å². The lowest BCUT2D eigenvalue weighted by Crippen LogP contribution is -2.45. The van der Waals surface area contributed by atoms with Crippen molar-refractivity contribution in [2.24, 2.45) is 0 Å². The van der Waals surface area contributed by atoms with Crippen LogP contribution >= 0.6 is 0 Å². The first-order valence-corrected chi connectivity index (χ1v) is 8.97. The fourth-order valence-electron chi connectivity index (χ4n) is 4.65. The number of esters is 1. The van der Waals surface area contributed by atoms with E-state index in [-0.39, 0.29) is 5.41 Å². The van der Waals surface area contributed by atoms with Crippen LogP contribution in [0.15, 0.2) is 18.2 Å². The topological polar surface area (TPSA) is 71.1 Å². The summed E-state index contributed by atoms with van der Waals surface area (Å²) in [7, 11) is 5.57. The van der Waals surface area contributed by atoms with Crippen LogP contribution in [0.2, 0.25) is 0 Å². The van der Waals surface area contributed by atoms with E-state index < -0.39 is 17.6 Å². The molecule has 0 bridgehead atoms. The lowest BCUT2D eigenvalue weighted by atomic mass is 9.81. The number of rotatable bonds is 3. The molecule has 1 saturated heterocycles. The van der Waals surface area contributed by atoms with Crippen LogP contribution in [0.5, 0.6) is 5.75 Å². The molecule has 2 heterocycles. The number of ether oxygens (including phenoxy) is 2. The molecule has 26 heavy (non-hydrogen) atoms. The number of nitrogens with zero attached hydrogens (tertiary/aromatic N) is 2. The Kier molecular flexibility index (Phi) is 3.70. The van der Waals surface area contributed by atoms with Crippen molar-refractivity contribution in [1.82, 2.24) is 10.2 Å². The van der Waals surface area contributed by atoms with E-state index in [2.05, 4.69) is 36.1 Å².